The third-order valence-corrected chi connectivity index (χ3v) is 69.8. The molecule has 1 spiro atoms. The van der Waals surface area contributed by atoms with Gasteiger partial charge in [-0.1, -0.05) is 0 Å². The Labute approximate surface area is 117 Å². The number of fused-ring (bicyclic) bond motifs is 10. The van der Waals surface area contributed by atoms with Gasteiger partial charge < -0.3 is 0 Å². The van der Waals surface area contributed by atoms with Gasteiger partial charge >= 0.3 is 117 Å². The Kier molecular flexibility index (Phi) is 0.426. The monoisotopic (exact) mass is 346 g/mol. The quantitative estimate of drug-likeness (QED) is 0.576. The van der Waals surface area contributed by atoms with E-state index in [1.807, 2.05) is 0 Å². The first-order valence-corrected chi connectivity index (χ1v) is 18.9. The van der Waals surface area contributed by atoms with E-state index < -0.39 is 20.9 Å². The summed E-state index contributed by atoms with van der Waals surface area (Å²) in [5, 5.41) is 10.0. The van der Waals surface area contributed by atoms with Crippen molar-refractivity contribution in [2.24, 2.45) is 0 Å². The summed E-state index contributed by atoms with van der Waals surface area (Å²) in [5.41, 5.74) is 0. The molecule has 10 saturated heterocycles. The van der Waals surface area contributed by atoms with Crippen molar-refractivity contribution in [1.82, 2.24) is 0 Å². The summed E-state index contributed by atoms with van der Waals surface area (Å²) in [6.07, 6.45) is 0.284. The summed E-state index contributed by atoms with van der Waals surface area (Å²) in [6.45, 7) is 8.06. The number of rotatable bonds is 5. The van der Waals surface area contributed by atoms with Gasteiger partial charge in [-0.3, -0.25) is 0 Å². The van der Waals surface area contributed by atoms with Crippen LogP contribution in [0.2, 0.25) is 66.4 Å². The van der Waals surface area contributed by atoms with Crippen LogP contribution in [0.15, 0.2) is 0 Å². The van der Waals surface area contributed by atoms with Gasteiger partial charge in [0, 0.05) is 0 Å². The number of hydrogen-bond donors (Lipinski definition) is 1. The Bertz CT molecular complexity index is 1060. The normalized spacial score (nSPS) is 105. The third kappa shape index (κ3) is 0.120. The molecule has 6 atom stereocenters. The topological polar surface area (TPSA) is 29.5 Å². The Balaban J connectivity index is 1.38. The maximum absolute atomic E-state index is 10.0. The fourth-order valence-electron chi connectivity index (χ4n) is 20.1. The van der Waals surface area contributed by atoms with Crippen LogP contribution < -0.4 is 0 Å². The van der Waals surface area contributed by atoms with Crippen LogP contribution in [0.4, 0.5) is 0 Å². The molecule has 10 aliphatic heterocycles. The second-order valence-corrected chi connectivity index (χ2v) is 42.4. The van der Waals surface area contributed by atoms with Crippen LogP contribution in [-0.4, -0.2) is 26.1 Å². The molecule has 0 aromatic rings. The first-order chi connectivity index (χ1) is 9.64. The Morgan fingerprint density at radius 3 is 1.95 bits per heavy atom. The number of ether oxygens (including phenoxy) is 1. The van der Waals surface area contributed by atoms with Gasteiger partial charge in [-0.15, -0.1) is 0 Å². The summed E-state index contributed by atoms with van der Waals surface area (Å²) < 4.78 is 7.90. The van der Waals surface area contributed by atoms with Crippen molar-refractivity contribution in [3.63, 3.8) is 0 Å². The molecule has 10 aliphatic rings. The zero-order valence-corrected chi connectivity index (χ0v) is 15.4. The van der Waals surface area contributed by atoms with Crippen molar-refractivity contribution in [3.05, 3.63) is 0 Å². The van der Waals surface area contributed by atoms with E-state index in [-0.39, 0.29) is 0 Å². The molecule has 4 heteroatoms. The van der Waals surface area contributed by atoms with Crippen LogP contribution in [0, 0.1) is 0 Å². The van der Waals surface area contributed by atoms with E-state index in [2.05, 4.69) is 26.6 Å². The zero-order chi connectivity index (χ0) is 14.1. The molecule has 10 fully saturated rings. The Hall–Kier alpha value is 0.656. The van der Waals surface area contributed by atoms with Crippen LogP contribution >= 0.6 is 0 Å². The molecule has 6 unspecified atom stereocenters. The van der Waals surface area contributed by atoms with E-state index in [4.69, 9.17) is 4.74 Å². The Morgan fingerprint density at radius 2 is 1.62 bits per heavy atom. The molecule has 0 bridgehead atoms. The van der Waals surface area contributed by atoms with Gasteiger partial charge in [0.25, 0.3) is 0 Å². The fourth-order valence-corrected chi connectivity index (χ4v) is 123. The molecule has 0 saturated carbocycles. The molecule has 21 heavy (non-hydrogen) atoms. The molecule has 0 aromatic carbocycles. The summed E-state index contributed by atoms with van der Waals surface area (Å²) in [4.78, 5) is 10.8. The van der Waals surface area contributed by atoms with Crippen molar-refractivity contribution in [2.75, 3.05) is 6.61 Å². The fraction of sp³-hybridized carbons (Fsp3) is 1.00. The van der Waals surface area contributed by atoms with Gasteiger partial charge in [-0.05, 0) is 0 Å². The molecule has 1 N–H and O–H groups in total. The zero-order valence-electron chi connectivity index (χ0n) is 13.3. The molecule has 0 aliphatic carbocycles. The van der Waals surface area contributed by atoms with Crippen LogP contribution in [0.1, 0.15) is 13.3 Å². The van der Waals surface area contributed by atoms with Crippen LogP contribution in [0.5, 0.6) is 0 Å². The van der Waals surface area contributed by atoms with E-state index >= 15 is 0 Å². The summed E-state index contributed by atoms with van der Waals surface area (Å²) in [6, 6.07) is 0. The number of aliphatic hydroxyl groups is 1. The van der Waals surface area contributed by atoms with Crippen molar-refractivity contribution in [1.29, 1.82) is 0 Å². The Morgan fingerprint density at radius 1 is 1.05 bits per heavy atom. The summed E-state index contributed by atoms with van der Waals surface area (Å²) in [5.74, 6) is 0. The van der Waals surface area contributed by atoms with Crippen molar-refractivity contribution >= 4 is 8.07 Å². The van der Waals surface area contributed by atoms with Crippen molar-refractivity contribution in [3.8, 4) is 0 Å². The summed E-state index contributed by atoms with van der Waals surface area (Å²) >= 11 is 0. The van der Waals surface area contributed by atoms with Crippen LogP contribution in [0.25, 0.3) is 0 Å². The molecule has 10 rings (SSSR count). The van der Waals surface area contributed by atoms with Crippen molar-refractivity contribution in [2.45, 2.75) is 86.1 Å². The molecular formula is C17H26FeO2Si. The molecule has 0 aromatic heterocycles. The van der Waals surface area contributed by atoms with Gasteiger partial charge in [-0.2, -0.15) is 0 Å². The van der Waals surface area contributed by atoms with Crippen molar-refractivity contribution < 1.29 is 16.4 Å². The third-order valence-electron chi connectivity index (χ3n) is 17.1. The second-order valence-electron chi connectivity index (χ2n) is 13.3. The predicted octanol–water partition coefficient (Wildman–Crippen LogP) is 4.74. The minimum atomic E-state index is -3.21. The van der Waals surface area contributed by atoms with Crippen LogP contribution in [0.3, 0.4) is 0 Å². The first kappa shape index (κ1) is 9.83. The van der Waals surface area contributed by atoms with Gasteiger partial charge in [-0.25, -0.2) is 0 Å². The SMILES string of the molecule is CCC(O)OC[C]12[CH]3[CH]4[CH]5[C]1([Si](C)(C)C)[Fe]43521678[CH]2[CH]1[CH]6[CH]7[CH]28. The average molecular weight is 346 g/mol. The van der Waals surface area contributed by atoms with Gasteiger partial charge in [0.1, 0.15) is 0 Å². The maximum atomic E-state index is 10.0. The number of aliphatic hydroxyl groups excluding tert-OH is 1. The van der Waals surface area contributed by atoms with E-state index in [0.717, 1.165) is 21.3 Å². The summed E-state index contributed by atoms with van der Waals surface area (Å²) in [7, 11) is -1.12. The first-order valence-electron chi connectivity index (χ1n) is 9.15. The predicted molar refractivity (Wildman–Crippen MR) is 81.0 cm³/mol. The number of hydrogen-bond acceptors (Lipinski definition) is 2. The van der Waals surface area contributed by atoms with Crippen LogP contribution in [-0.2, 0) is 11.2 Å². The molecule has 2 nitrogen and oxygen atoms in total. The van der Waals surface area contributed by atoms with E-state index in [9.17, 15) is 5.11 Å². The standard InChI is InChI=1S/C12H21O2Si.C5H5.Fe/c1-5-12(13)14-9-10-7-6-8-11(10)15(2,3)4;1-2-4-5-3-1;/h6-8,12-13H,5,9H2,1-4H3;1-5H;. The van der Waals surface area contributed by atoms with Gasteiger partial charge in [0.2, 0.25) is 0 Å². The average Bonchev–Trinajstić information content (AvgIpc) is 3.35. The molecule has 10 heterocycles. The van der Waals surface area contributed by atoms with E-state index in [1.165, 1.54) is 38.5 Å². The van der Waals surface area contributed by atoms with E-state index in [1.54, 1.807) is 0 Å². The second kappa shape index (κ2) is 0.910. The molecule has 0 radical (unpaired) electrons. The van der Waals surface area contributed by atoms with E-state index in [0.29, 0.717) is 0 Å². The minimum absolute atomic E-state index is 0.482. The molecule has 0 amide bonds. The molecule has 118 valence electrons. The molecular weight excluding hydrogens is 320 g/mol. The van der Waals surface area contributed by atoms with Gasteiger partial charge in [0.15, 0.2) is 0 Å². The van der Waals surface area contributed by atoms with Gasteiger partial charge in [0.05, 0.1) is 0 Å².